The predicted octanol–water partition coefficient (Wildman–Crippen LogP) is 3.12. The van der Waals surface area contributed by atoms with Crippen LogP contribution in [0.15, 0.2) is 12.4 Å². The van der Waals surface area contributed by atoms with Gasteiger partial charge in [0.05, 0.1) is 36.9 Å². The molecule has 3 rings (SSSR count). The number of rotatable bonds is 8. The first-order valence-corrected chi connectivity index (χ1v) is 10.2. The lowest BCUT2D eigenvalue weighted by Gasteiger charge is -2.12. The first kappa shape index (κ1) is 20.1. The van der Waals surface area contributed by atoms with Crippen LogP contribution in [0, 0.1) is 0 Å². The fourth-order valence-corrected chi connectivity index (χ4v) is 4.40. The second-order valence-corrected chi connectivity index (χ2v) is 7.75. The average molecular weight is 405 g/mol. The van der Waals surface area contributed by atoms with Crippen molar-refractivity contribution in [3.05, 3.63) is 34.0 Å². The van der Waals surface area contributed by atoms with E-state index in [4.69, 9.17) is 9.84 Å². The van der Waals surface area contributed by atoms with E-state index in [1.54, 1.807) is 0 Å². The number of carbonyl (C=O) groups excluding carboxylic acids is 2. The Kier molecular flexibility index (Phi) is 6.45. The van der Waals surface area contributed by atoms with Crippen LogP contribution in [0.25, 0.3) is 0 Å². The van der Waals surface area contributed by atoms with E-state index in [0.29, 0.717) is 22.7 Å². The van der Waals surface area contributed by atoms with Crippen LogP contribution in [0.1, 0.15) is 63.8 Å². The van der Waals surface area contributed by atoms with Crippen LogP contribution >= 0.6 is 11.3 Å². The molecule has 0 unspecified atom stereocenters. The number of carbonyl (C=O) groups is 3. The predicted molar refractivity (Wildman–Crippen MR) is 104 cm³/mol. The van der Waals surface area contributed by atoms with Crippen molar-refractivity contribution < 1.29 is 24.2 Å². The molecule has 2 aromatic heterocycles. The zero-order valence-corrected chi connectivity index (χ0v) is 16.5. The molecule has 2 N–H and O–H groups in total. The highest BCUT2D eigenvalue weighted by Crippen LogP contribution is 2.38. The van der Waals surface area contributed by atoms with Crippen molar-refractivity contribution in [1.29, 1.82) is 0 Å². The zero-order valence-electron chi connectivity index (χ0n) is 15.7. The highest BCUT2D eigenvalue weighted by atomic mass is 32.1. The second kappa shape index (κ2) is 9.01. The van der Waals surface area contributed by atoms with Gasteiger partial charge in [-0.05, 0) is 37.7 Å². The Hall–Kier alpha value is -2.68. The minimum Gasteiger partial charge on any atom is -0.481 e. The number of carboxylic acids is 1. The van der Waals surface area contributed by atoms with E-state index in [1.165, 1.54) is 28.4 Å². The molecule has 28 heavy (non-hydrogen) atoms. The first-order valence-electron chi connectivity index (χ1n) is 9.36. The number of nitrogens with zero attached hydrogens (tertiary/aromatic N) is 2. The van der Waals surface area contributed by atoms with Crippen LogP contribution in [-0.2, 0) is 28.9 Å². The average Bonchev–Trinajstić information content (AvgIpc) is 3.28. The van der Waals surface area contributed by atoms with E-state index in [9.17, 15) is 14.4 Å². The first-order chi connectivity index (χ1) is 13.5. The SMILES string of the molecule is CCCOC(=O)c1c(NC(=O)c2cnn(CCC(=O)O)c2)sc2c1CCCC2. The second-order valence-electron chi connectivity index (χ2n) is 6.64. The third kappa shape index (κ3) is 4.59. The number of hydrogen-bond donors (Lipinski definition) is 2. The molecule has 1 aliphatic carbocycles. The third-order valence-electron chi connectivity index (χ3n) is 4.49. The molecular weight excluding hydrogens is 382 g/mol. The highest BCUT2D eigenvalue weighted by molar-refractivity contribution is 7.17. The molecule has 0 atom stereocenters. The van der Waals surface area contributed by atoms with Crippen LogP contribution in [-0.4, -0.2) is 39.3 Å². The molecule has 1 aliphatic rings. The number of hydrogen-bond acceptors (Lipinski definition) is 6. The lowest BCUT2D eigenvalue weighted by molar-refractivity contribution is -0.137. The Labute approximate surface area is 166 Å². The summed E-state index contributed by atoms with van der Waals surface area (Å²) in [4.78, 5) is 37.0. The maximum absolute atomic E-state index is 12.6. The van der Waals surface area contributed by atoms with Gasteiger partial charge in [-0.3, -0.25) is 14.3 Å². The van der Waals surface area contributed by atoms with Crippen molar-refractivity contribution in [2.24, 2.45) is 0 Å². The molecule has 1 amide bonds. The number of anilines is 1. The van der Waals surface area contributed by atoms with Crippen molar-refractivity contribution >= 4 is 34.2 Å². The minimum atomic E-state index is -0.930. The topological polar surface area (TPSA) is 111 Å². The Morgan fingerprint density at radius 2 is 2.11 bits per heavy atom. The molecule has 0 aliphatic heterocycles. The number of carboxylic acid groups (broad SMARTS) is 1. The van der Waals surface area contributed by atoms with E-state index in [1.807, 2.05) is 6.92 Å². The number of ether oxygens (including phenoxy) is 1. The van der Waals surface area contributed by atoms with Gasteiger partial charge in [-0.2, -0.15) is 5.10 Å². The molecule has 0 fully saturated rings. The van der Waals surface area contributed by atoms with Crippen LogP contribution in [0.3, 0.4) is 0 Å². The van der Waals surface area contributed by atoms with Crippen molar-refractivity contribution in [2.45, 2.75) is 52.0 Å². The van der Waals surface area contributed by atoms with Gasteiger partial charge in [0.1, 0.15) is 5.00 Å². The van der Waals surface area contributed by atoms with Crippen LogP contribution in [0.4, 0.5) is 5.00 Å². The van der Waals surface area contributed by atoms with Crippen LogP contribution in [0.5, 0.6) is 0 Å². The summed E-state index contributed by atoms with van der Waals surface area (Å²) >= 11 is 1.43. The van der Waals surface area contributed by atoms with Gasteiger partial charge in [0.25, 0.3) is 5.91 Å². The molecule has 0 saturated heterocycles. The number of nitrogens with one attached hydrogen (secondary N) is 1. The molecule has 0 bridgehead atoms. The molecule has 0 aromatic carbocycles. The van der Waals surface area contributed by atoms with Gasteiger partial charge in [-0.25, -0.2) is 4.79 Å². The Balaban J connectivity index is 1.79. The smallest absolute Gasteiger partial charge is 0.341 e. The number of aliphatic carboxylic acids is 1. The van der Waals surface area contributed by atoms with Crippen molar-refractivity contribution in [2.75, 3.05) is 11.9 Å². The molecule has 2 aromatic rings. The Bertz CT molecular complexity index is 886. The lowest BCUT2D eigenvalue weighted by atomic mass is 9.95. The summed E-state index contributed by atoms with van der Waals surface area (Å²) in [6.45, 7) is 2.46. The van der Waals surface area contributed by atoms with E-state index in [2.05, 4.69) is 10.4 Å². The molecule has 0 radical (unpaired) electrons. The highest BCUT2D eigenvalue weighted by Gasteiger charge is 2.27. The standard InChI is InChI=1S/C19H23N3O5S/c1-2-9-27-19(26)16-13-5-3-4-6-14(13)28-18(16)21-17(25)12-10-20-22(11-12)8-7-15(23)24/h10-11H,2-9H2,1H3,(H,21,25)(H,23,24). The summed E-state index contributed by atoms with van der Waals surface area (Å²) in [6.07, 6.45) is 7.34. The maximum atomic E-state index is 12.6. The van der Waals surface area contributed by atoms with Gasteiger partial charge in [-0.15, -0.1) is 11.3 Å². The summed E-state index contributed by atoms with van der Waals surface area (Å²) in [5.41, 5.74) is 1.77. The van der Waals surface area contributed by atoms with E-state index >= 15 is 0 Å². The van der Waals surface area contributed by atoms with Gasteiger partial charge >= 0.3 is 11.9 Å². The maximum Gasteiger partial charge on any atom is 0.341 e. The van der Waals surface area contributed by atoms with Gasteiger partial charge in [0.15, 0.2) is 0 Å². The number of aryl methyl sites for hydroxylation is 2. The largest absolute Gasteiger partial charge is 0.481 e. The normalized spacial score (nSPS) is 13.0. The van der Waals surface area contributed by atoms with E-state index in [-0.39, 0.29) is 18.9 Å². The monoisotopic (exact) mass is 405 g/mol. The summed E-state index contributed by atoms with van der Waals surface area (Å²) in [5, 5.41) is 16.1. The van der Waals surface area contributed by atoms with E-state index in [0.717, 1.165) is 42.5 Å². The van der Waals surface area contributed by atoms with Crippen LogP contribution < -0.4 is 5.32 Å². The molecule has 9 heteroatoms. The number of aromatic nitrogens is 2. The molecule has 2 heterocycles. The molecule has 0 saturated carbocycles. The third-order valence-corrected chi connectivity index (χ3v) is 5.70. The molecule has 0 spiro atoms. The fourth-order valence-electron chi connectivity index (χ4n) is 3.13. The van der Waals surface area contributed by atoms with Crippen LogP contribution in [0.2, 0.25) is 0 Å². The number of thiophene rings is 1. The molecule has 8 nitrogen and oxygen atoms in total. The Morgan fingerprint density at radius 3 is 2.86 bits per heavy atom. The number of amides is 1. The molecule has 150 valence electrons. The van der Waals surface area contributed by atoms with Gasteiger partial charge < -0.3 is 15.2 Å². The summed E-state index contributed by atoms with van der Waals surface area (Å²) in [7, 11) is 0. The lowest BCUT2D eigenvalue weighted by Crippen LogP contribution is -2.15. The van der Waals surface area contributed by atoms with Gasteiger partial charge in [-0.1, -0.05) is 6.92 Å². The van der Waals surface area contributed by atoms with E-state index < -0.39 is 11.9 Å². The van der Waals surface area contributed by atoms with Gasteiger partial charge in [0, 0.05) is 11.1 Å². The minimum absolute atomic E-state index is 0.0756. The summed E-state index contributed by atoms with van der Waals surface area (Å²) in [5.74, 6) is -1.71. The Morgan fingerprint density at radius 1 is 1.32 bits per heavy atom. The molecular formula is C19H23N3O5S. The van der Waals surface area contributed by atoms with Crippen molar-refractivity contribution in [1.82, 2.24) is 9.78 Å². The zero-order chi connectivity index (χ0) is 20.1. The fraction of sp³-hybridized carbons (Fsp3) is 0.474. The summed E-state index contributed by atoms with van der Waals surface area (Å²) < 4.78 is 6.75. The quantitative estimate of drug-likeness (QED) is 0.653. The van der Waals surface area contributed by atoms with Crippen molar-refractivity contribution in [3.63, 3.8) is 0 Å². The summed E-state index contributed by atoms with van der Waals surface area (Å²) in [6, 6.07) is 0. The van der Waals surface area contributed by atoms with Crippen molar-refractivity contribution in [3.8, 4) is 0 Å². The van der Waals surface area contributed by atoms with Gasteiger partial charge in [0.2, 0.25) is 0 Å². The number of fused-ring (bicyclic) bond motifs is 1. The number of esters is 1.